The van der Waals surface area contributed by atoms with Gasteiger partial charge in [-0.1, -0.05) is 39.0 Å². The van der Waals surface area contributed by atoms with Crippen LogP contribution < -0.4 is 5.32 Å². The fourth-order valence-electron chi connectivity index (χ4n) is 1.94. The maximum absolute atomic E-state index is 10.4. The van der Waals surface area contributed by atoms with Crippen LogP contribution in [-0.2, 0) is 0 Å². The van der Waals surface area contributed by atoms with Gasteiger partial charge in [-0.05, 0) is 44.8 Å². The quantitative estimate of drug-likeness (QED) is 0.724. The Hall–Kier alpha value is -0.600. The minimum Gasteiger partial charge on any atom is -0.385 e. The minimum absolute atomic E-state index is 0.590. The van der Waals surface area contributed by atoms with Gasteiger partial charge in [0.25, 0.3) is 0 Å². The highest BCUT2D eigenvalue weighted by Gasteiger charge is 2.31. The van der Waals surface area contributed by atoms with Gasteiger partial charge in [-0.25, -0.2) is 0 Å². The van der Waals surface area contributed by atoms with Crippen LogP contribution in [0.25, 0.3) is 0 Å². The summed E-state index contributed by atoms with van der Waals surface area (Å²) >= 11 is 0. The van der Waals surface area contributed by atoms with Crippen molar-refractivity contribution in [1.82, 2.24) is 5.32 Å². The van der Waals surface area contributed by atoms with Crippen molar-refractivity contribution in [2.24, 2.45) is 0 Å². The van der Waals surface area contributed by atoms with Gasteiger partial charge in [0.1, 0.15) is 0 Å². The molecule has 2 N–H and O–H groups in total. The summed E-state index contributed by atoms with van der Waals surface area (Å²) < 4.78 is 0. The fraction of sp³-hybridized carbons (Fsp3) is 0.714. The molecule has 0 aromatic rings. The molecule has 0 saturated carbocycles. The molecule has 2 heteroatoms. The molecule has 0 unspecified atom stereocenters. The molecule has 0 radical (unpaired) electrons. The highest BCUT2D eigenvalue weighted by Crippen LogP contribution is 2.28. The number of piperidine rings is 1. The lowest BCUT2D eigenvalue weighted by atomic mass is 9.84. The van der Waals surface area contributed by atoms with Gasteiger partial charge in [0.15, 0.2) is 0 Å². The van der Waals surface area contributed by atoms with E-state index in [2.05, 4.69) is 18.3 Å². The van der Waals surface area contributed by atoms with Crippen LogP contribution in [0.3, 0.4) is 0 Å². The normalized spacial score (nSPS) is 20.4. The molecule has 1 rings (SSSR count). The molecule has 0 aliphatic carbocycles. The highest BCUT2D eigenvalue weighted by molar-refractivity contribution is 5.29. The molecular formula is C14H27NO. The molecule has 1 aliphatic heterocycles. The number of rotatable bonds is 3. The lowest BCUT2D eigenvalue weighted by Crippen LogP contribution is -2.42. The zero-order valence-corrected chi connectivity index (χ0v) is 11.2. The van der Waals surface area contributed by atoms with Gasteiger partial charge < -0.3 is 10.4 Å². The van der Waals surface area contributed by atoms with Gasteiger partial charge in [-0.15, -0.1) is 0 Å². The van der Waals surface area contributed by atoms with Crippen LogP contribution in [-0.4, -0.2) is 23.8 Å². The SMILES string of the molecule is C/C=C\C(=C/CC)C1(O)CCNCC1.CC. The van der Waals surface area contributed by atoms with Crippen LogP contribution in [0.4, 0.5) is 0 Å². The maximum Gasteiger partial charge on any atom is 0.0917 e. The van der Waals surface area contributed by atoms with E-state index < -0.39 is 5.60 Å². The first-order valence-electron chi connectivity index (χ1n) is 6.49. The van der Waals surface area contributed by atoms with Gasteiger partial charge in [0.05, 0.1) is 5.60 Å². The molecule has 1 heterocycles. The van der Waals surface area contributed by atoms with Gasteiger partial charge in [-0.2, -0.15) is 0 Å². The monoisotopic (exact) mass is 225 g/mol. The third-order valence-electron chi connectivity index (χ3n) is 2.74. The van der Waals surface area contributed by atoms with E-state index in [1.807, 2.05) is 32.9 Å². The summed E-state index contributed by atoms with van der Waals surface area (Å²) in [4.78, 5) is 0. The second-order valence-corrected chi connectivity index (χ2v) is 3.85. The topological polar surface area (TPSA) is 32.3 Å². The van der Waals surface area contributed by atoms with Crippen LogP contribution in [0.1, 0.15) is 47.0 Å². The van der Waals surface area contributed by atoms with Crippen LogP contribution in [0.2, 0.25) is 0 Å². The maximum atomic E-state index is 10.4. The van der Waals surface area contributed by atoms with E-state index in [1.54, 1.807) is 0 Å². The van der Waals surface area contributed by atoms with Gasteiger partial charge >= 0.3 is 0 Å². The largest absolute Gasteiger partial charge is 0.385 e. The molecule has 0 aromatic heterocycles. The number of hydrogen-bond acceptors (Lipinski definition) is 2. The molecule has 0 bridgehead atoms. The minimum atomic E-state index is -0.590. The second kappa shape index (κ2) is 8.54. The van der Waals surface area contributed by atoms with E-state index in [-0.39, 0.29) is 0 Å². The van der Waals surface area contributed by atoms with E-state index in [0.717, 1.165) is 37.9 Å². The van der Waals surface area contributed by atoms with Gasteiger partial charge in [-0.3, -0.25) is 0 Å². The Kier molecular flexibility index (Phi) is 8.22. The van der Waals surface area contributed by atoms with Crippen molar-refractivity contribution in [3.05, 3.63) is 23.8 Å². The Balaban J connectivity index is 0.00000106. The summed E-state index contributed by atoms with van der Waals surface area (Å²) in [6, 6.07) is 0. The molecule has 1 aliphatic rings. The molecule has 0 amide bonds. The number of allylic oxidation sites excluding steroid dienone is 2. The predicted molar refractivity (Wildman–Crippen MR) is 71.6 cm³/mol. The van der Waals surface area contributed by atoms with Crippen molar-refractivity contribution < 1.29 is 5.11 Å². The molecule has 94 valence electrons. The zero-order valence-electron chi connectivity index (χ0n) is 11.2. The van der Waals surface area contributed by atoms with Crippen molar-refractivity contribution in [3.8, 4) is 0 Å². The number of hydrogen-bond donors (Lipinski definition) is 2. The van der Waals surface area contributed by atoms with Crippen LogP contribution in [0.5, 0.6) is 0 Å². The lowest BCUT2D eigenvalue weighted by Gasteiger charge is -2.34. The van der Waals surface area contributed by atoms with Crippen molar-refractivity contribution in [2.45, 2.75) is 52.6 Å². The van der Waals surface area contributed by atoms with E-state index in [0.29, 0.717) is 0 Å². The summed E-state index contributed by atoms with van der Waals surface area (Å²) in [5, 5.41) is 13.7. The highest BCUT2D eigenvalue weighted by atomic mass is 16.3. The molecule has 0 spiro atoms. The van der Waals surface area contributed by atoms with Crippen molar-refractivity contribution >= 4 is 0 Å². The molecule has 1 saturated heterocycles. The third-order valence-corrected chi connectivity index (χ3v) is 2.74. The van der Waals surface area contributed by atoms with Gasteiger partial charge in [0.2, 0.25) is 0 Å². The van der Waals surface area contributed by atoms with Crippen molar-refractivity contribution in [3.63, 3.8) is 0 Å². The van der Waals surface area contributed by atoms with Gasteiger partial charge in [0, 0.05) is 0 Å². The summed E-state index contributed by atoms with van der Waals surface area (Å²) in [5.74, 6) is 0. The molecular weight excluding hydrogens is 198 g/mol. The van der Waals surface area contributed by atoms with Crippen LogP contribution in [0, 0.1) is 0 Å². The van der Waals surface area contributed by atoms with Crippen molar-refractivity contribution in [2.75, 3.05) is 13.1 Å². The average molecular weight is 225 g/mol. The van der Waals surface area contributed by atoms with Crippen molar-refractivity contribution in [1.29, 1.82) is 0 Å². The molecule has 0 aromatic carbocycles. The smallest absolute Gasteiger partial charge is 0.0917 e. The molecule has 1 fully saturated rings. The summed E-state index contributed by atoms with van der Waals surface area (Å²) in [7, 11) is 0. The Morgan fingerprint density at radius 2 is 1.88 bits per heavy atom. The number of nitrogens with one attached hydrogen (secondary N) is 1. The number of aliphatic hydroxyl groups is 1. The second-order valence-electron chi connectivity index (χ2n) is 3.85. The van der Waals surface area contributed by atoms with E-state index in [9.17, 15) is 5.11 Å². The van der Waals surface area contributed by atoms with E-state index >= 15 is 0 Å². The predicted octanol–water partition coefficient (Wildman–Crippen LogP) is 3.04. The molecule has 16 heavy (non-hydrogen) atoms. The first-order valence-corrected chi connectivity index (χ1v) is 6.49. The summed E-state index contributed by atoms with van der Waals surface area (Å²) in [6.45, 7) is 9.92. The van der Waals surface area contributed by atoms with E-state index in [4.69, 9.17) is 0 Å². The third kappa shape index (κ3) is 4.50. The Labute approximate surface area is 100 Å². The Bertz CT molecular complexity index is 225. The zero-order chi connectivity index (χ0) is 12.4. The molecule has 0 atom stereocenters. The first kappa shape index (κ1) is 15.4. The van der Waals surface area contributed by atoms with E-state index in [1.165, 1.54) is 0 Å². The first-order chi connectivity index (χ1) is 7.73. The summed E-state index contributed by atoms with van der Waals surface area (Å²) in [5.41, 5.74) is 0.498. The fourth-order valence-corrected chi connectivity index (χ4v) is 1.94. The molecule has 2 nitrogen and oxygen atoms in total. The Morgan fingerprint density at radius 1 is 1.31 bits per heavy atom. The van der Waals surface area contributed by atoms with Crippen LogP contribution in [0.15, 0.2) is 23.8 Å². The summed E-state index contributed by atoms with van der Waals surface area (Å²) in [6.07, 6.45) is 8.80. The lowest BCUT2D eigenvalue weighted by molar-refractivity contribution is 0.0494. The Morgan fingerprint density at radius 3 is 2.31 bits per heavy atom. The standard InChI is InChI=1S/C12H21NO.C2H6/c1-3-5-11(6-4-2)12(14)7-9-13-10-8-12;1-2/h3,5-6,13-14H,4,7-10H2,1-2H3;1-2H3/b5-3-,11-6+;. The van der Waals surface area contributed by atoms with Crippen LogP contribution >= 0.6 is 0 Å². The average Bonchev–Trinajstić information content (AvgIpc) is 2.32.